The van der Waals surface area contributed by atoms with Gasteiger partial charge in [0.2, 0.25) is 11.8 Å². The summed E-state index contributed by atoms with van der Waals surface area (Å²) in [5.41, 5.74) is 7.78. The monoisotopic (exact) mass is 265 g/mol. The van der Waals surface area contributed by atoms with E-state index in [4.69, 9.17) is 15.0 Å². The fraction of sp³-hybridized carbons (Fsp3) is 0.583. The Morgan fingerprint density at radius 3 is 2.58 bits per heavy atom. The van der Waals surface area contributed by atoms with Crippen LogP contribution in [0.25, 0.3) is 0 Å². The summed E-state index contributed by atoms with van der Waals surface area (Å²) in [7, 11) is 3.39. The Kier molecular flexibility index (Phi) is 3.57. The van der Waals surface area contributed by atoms with Crippen LogP contribution in [0.2, 0.25) is 0 Å². The summed E-state index contributed by atoms with van der Waals surface area (Å²) in [5.74, 6) is 1.80. The molecule has 2 heterocycles. The lowest BCUT2D eigenvalue weighted by Gasteiger charge is -2.09. The quantitative estimate of drug-likeness (QED) is 0.895. The van der Waals surface area contributed by atoms with Crippen molar-refractivity contribution in [3.05, 3.63) is 23.0 Å². The van der Waals surface area contributed by atoms with E-state index < -0.39 is 6.04 Å². The van der Waals surface area contributed by atoms with Crippen molar-refractivity contribution in [2.45, 2.75) is 32.7 Å². The second-order valence-electron chi connectivity index (χ2n) is 4.76. The largest absolute Gasteiger partial charge is 0.481 e. The Morgan fingerprint density at radius 2 is 2.05 bits per heavy atom. The van der Waals surface area contributed by atoms with E-state index in [1.807, 2.05) is 20.8 Å². The van der Waals surface area contributed by atoms with E-state index in [2.05, 4.69) is 15.2 Å². The van der Waals surface area contributed by atoms with Gasteiger partial charge in [0, 0.05) is 13.0 Å². The van der Waals surface area contributed by atoms with Gasteiger partial charge in [-0.25, -0.2) is 4.68 Å². The standard InChI is InChI=1S/C12H19N5O2/c1-6(2)11-14-10(16-19-11)9(13)8-7(3)15-17(4)12(8)18-5/h6,9H,13H2,1-5H3. The molecule has 0 radical (unpaired) electrons. The molecule has 2 N–H and O–H groups in total. The molecule has 0 aliphatic carbocycles. The van der Waals surface area contributed by atoms with Crippen molar-refractivity contribution >= 4 is 0 Å². The van der Waals surface area contributed by atoms with Crippen LogP contribution >= 0.6 is 0 Å². The Hall–Kier alpha value is -1.89. The summed E-state index contributed by atoms with van der Waals surface area (Å²) in [5, 5.41) is 8.23. The first-order valence-electron chi connectivity index (χ1n) is 6.12. The lowest BCUT2D eigenvalue weighted by atomic mass is 10.1. The van der Waals surface area contributed by atoms with Crippen LogP contribution in [-0.2, 0) is 7.05 Å². The van der Waals surface area contributed by atoms with Crippen molar-refractivity contribution in [1.82, 2.24) is 19.9 Å². The van der Waals surface area contributed by atoms with E-state index in [9.17, 15) is 0 Å². The van der Waals surface area contributed by atoms with Gasteiger partial charge in [0.15, 0.2) is 5.82 Å². The molecule has 0 aliphatic heterocycles. The highest BCUT2D eigenvalue weighted by Crippen LogP contribution is 2.29. The average Bonchev–Trinajstić information content (AvgIpc) is 2.92. The highest BCUT2D eigenvalue weighted by molar-refractivity contribution is 5.37. The summed E-state index contributed by atoms with van der Waals surface area (Å²) in [6.07, 6.45) is 0. The van der Waals surface area contributed by atoms with Gasteiger partial charge in [-0.2, -0.15) is 10.1 Å². The summed E-state index contributed by atoms with van der Waals surface area (Å²) >= 11 is 0. The molecule has 1 atom stereocenters. The molecule has 104 valence electrons. The molecule has 0 amide bonds. The number of rotatable bonds is 4. The Morgan fingerprint density at radius 1 is 1.37 bits per heavy atom. The van der Waals surface area contributed by atoms with Crippen molar-refractivity contribution in [2.24, 2.45) is 12.8 Å². The summed E-state index contributed by atoms with van der Waals surface area (Å²) in [6, 6.07) is -0.514. The first kappa shape index (κ1) is 13.5. The number of hydrogen-bond donors (Lipinski definition) is 1. The van der Waals surface area contributed by atoms with Gasteiger partial charge in [0.25, 0.3) is 0 Å². The zero-order valence-electron chi connectivity index (χ0n) is 11.8. The fourth-order valence-electron chi connectivity index (χ4n) is 1.99. The minimum absolute atomic E-state index is 0.172. The number of ether oxygens (including phenoxy) is 1. The minimum atomic E-state index is -0.514. The van der Waals surface area contributed by atoms with Crippen LogP contribution < -0.4 is 10.5 Å². The van der Waals surface area contributed by atoms with Crippen molar-refractivity contribution in [1.29, 1.82) is 0 Å². The zero-order valence-corrected chi connectivity index (χ0v) is 11.8. The van der Waals surface area contributed by atoms with Gasteiger partial charge < -0.3 is 15.0 Å². The molecule has 0 bridgehead atoms. The van der Waals surface area contributed by atoms with Gasteiger partial charge >= 0.3 is 0 Å². The predicted octanol–water partition coefficient (Wildman–Crippen LogP) is 1.29. The Bertz CT molecular complexity index is 573. The highest BCUT2D eigenvalue weighted by atomic mass is 16.5. The van der Waals surface area contributed by atoms with E-state index in [1.165, 1.54) is 0 Å². The van der Waals surface area contributed by atoms with Gasteiger partial charge in [0.1, 0.15) is 6.04 Å². The van der Waals surface area contributed by atoms with Gasteiger partial charge in [-0.15, -0.1) is 0 Å². The number of aryl methyl sites for hydroxylation is 2. The lowest BCUT2D eigenvalue weighted by Crippen LogP contribution is -2.15. The smallest absolute Gasteiger partial charge is 0.229 e. The lowest BCUT2D eigenvalue weighted by molar-refractivity contribution is 0.356. The van der Waals surface area contributed by atoms with Crippen molar-refractivity contribution < 1.29 is 9.26 Å². The maximum Gasteiger partial charge on any atom is 0.229 e. The maximum absolute atomic E-state index is 6.20. The van der Waals surface area contributed by atoms with Crippen molar-refractivity contribution in [2.75, 3.05) is 7.11 Å². The van der Waals surface area contributed by atoms with Crippen LogP contribution in [0, 0.1) is 6.92 Å². The summed E-state index contributed by atoms with van der Waals surface area (Å²) < 4.78 is 12.2. The molecule has 1 unspecified atom stereocenters. The Balaban J connectivity index is 2.40. The summed E-state index contributed by atoms with van der Waals surface area (Å²) in [4.78, 5) is 4.32. The van der Waals surface area contributed by atoms with Crippen molar-refractivity contribution in [3.63, 3.8) is 0 Å². The first-order valence-corrected chi connectivity index (χ1v) is 6.12. The first-order chi connectivity index (χ1) is 8.95. The number of hydrogen-bond acceptors (Lipinski definition) is 6. The van der Waals surface area contributed by atoms with E-state index in [0.717, 1.165) is 11.3 Å². The second kappa shape index (κ2) is 5.00. The highest BCUT2D eigenvalue weighted by Gasteiger charge is 2.26. The summed E-state index contributed by atoms with van der Waals surface area (Å²) in [6.45, 7) is 5.85. The molecule has 0 saturated carbocycles. The average molecular weight is 265 g/mol. The van der Waals surface area contributed by atoms with Gasteiger partial charge in [-0.3, -0.25) is 0 Å². The molecule has 2 aromatic rings. The maximum atomic E-state index is 6.20. The molecule has 0 aromatic carbocycles. The SMILES string of the molecule is COc1c(C(N)c2noc(C(C)C)n2)c(C)nn1C. The zero-order chi connectivity index (χ0) is 14.2. The Labute approximate surface area is 111 Å². The third-order valence-electron chi connectivity index (χ3n) is 2.95. The molecule has 7 heteroatoms. The number of methoxy groups -OCH3 is 1. The van der Waals surface area contributed by atoms with Gasteiger partial charge in [0.05, 0.1) is 18.4 Å². The molecule has 0 spiro atoms. The minimum Gasteiger partial charge on any atom is -0.481 e. The number of nitrogens with zero attached hydrogens (tertiary/aromatic N) is 4. The van der Waals surface area contributed by atoms with Crippen molar-refractivity contribution in [3.8, 4) is 5.88 Å². The van der Waals surface area contributed by atoms with Gasteiger partial charge in [-0.1, -0.05) is 19.0 Å². The number of nitrogens with two attached hydrogens (primary N) is 1. The van der Waals surface area contributed by atoms with E-state index in [-0.39, 0.29) is 5.92 Å². The molecule has 0 aliphatic rings. The van der Waals surface area contributed by atoms with Gasteiger partial charge in [-0.05, 0) is 6.92 Å². The van der Waals surface area contributed by atoms with Crippen LogP contribution in [-0.4, -0.2) is 27.0 Å². The predicted molar refractivity (Wildman–Crippen MR) is 68.9 cm³/mol. The fourth-order valence-corrected chi connectivity index (χ4v) is 1.99. The molecule has 2 rings (SSSR count). The molecular weight excluding hydrogens is 246 g/mol. The molecule has 0 saturated heterocycles. The molecule has 2 aromatic heterocycles. The van der Waals surface area contributed by atoms with E-state index in [0.29, 0.717) is 17.6 Å². The van der Waals surface area contributed by atoms with Crippen LogP contribution in [0.1, 0.15) is 48.8 Å². The van der Waals surface area contributed by atoms with E-state index in [1.54, 1.807) is 18.8 Å². The normalized spacial score (nSPS) is 13.0. The molecular formula is C12H19N5O2. The topological polar surface area (TPSA) is 92.0 Å². The third kappa shape index (κ3) is 2.33. The third-order valence-corrected chi connectivity index (χ3v) is 2.95. The van der Waals surface area contributed by atoms with Crippen LogP contribution in [0.4, 0.5) is 0 Å². The van der Waals surface area contributed by atoms with Crippen LogP contribution in [0.3, 0.4) is 0 Å². The number of aromatic nitrogens is 4. The second-order valence-corrected chi connectivity index (χ2v) is 4.76. The molecule has 7 nitrogen and oxygen atoms in total. The van der Waals surface area contributed by atoms with E-state index >= 15 is 0 Å². The molecule has 19 heavy (non-hydrogen) atoms. The van der Waals surface area contributed by atoms with Crippen LogP contribution in [0.5, 0.6) is 5.88 Å². The van der Waals surface area contributed by atoms with Crippen LogP contribution in [0.15, 0.2) is 4.52 Å². The molecule has 0 fully saturated rings.